The van der Waals surface area contributed by atoms with Crippen LogP contribution < -0.4 is 0 Å². The molecule has 5 heteroatoms. The van der Waals surface area contributed by atoms with Crippen LogP contribution in [0.1, 0.15) is 38.5 Å². The Morgan fingerprint density at radius 2 is 2.35 bits per heavy atom. The summed E-state index contributed by atoms with van der Waals surface area (Å²) in [5, 5.41) is 2.02. The Morgan fingerprint density at radius 3 is 2.90 bits per heavy atom. The standard InChI is InChI=1S/C15H23NO3S/c1-15(2,3)19-14(17)16(10-12-6-4-8-18-12)11-13-7-5-9-20-13/h5,7,9,12H,4,6,8,10-11H2,1-3H3. The normalized spacial score (nSPS) is 19.1. The number of amides is 1. The molecule has 4 nitrogen and oxygen atoms in total. The molecule has 1 aliphatic rings. The van der Waals surface area contributed by atoms with Crippen LogP contribution in [0.2, 0.25) is 0 Å². The number of carbonyl (C=O) groups excluding carboxylic acids is 1. The predicted molar refractivity (Wildman–Crippen MR) is 79.9 cm³/mol. The second-order valence-corrected chi connectivity index (χ2v) is 7.11. The van der Waals surface area contributed by atoms with Gasteiger partial charge in [-0.2, -0.15) is 0 Å². The maximum Gasteiger partial charge on any atom is 0.410 e. The van der Waals surface area contributed by atoms with Crippen molar-refractivity contribution in [1.29, 1.82) is 0 Å². The van der Waals surface area contributed by atoms with E-state index >= 15 is 0 Å². The Kier molecular flexibility index (Phi) is 5.05. The third-order valence-corrected chi connectivity index (χ3v) is 3.89. The Bertz CT molecular complexity index is 419. The maximum absolute atomic E-state index is 12.3. The highest BCUT2D eigenvalue weighted by molar-refractivity contribution is 7.09. The average molecular weight is 297 g/mol. The molecule has 0 spiro atoms. The average Bonchev–Trinajstić information content (AvgIpc) is 2.98. The van der Waals surface area contributed by atoms with Gasteiger partial charge in [0, 0.05) is 11.5 Å². The molecule has 1 aliphatic heterocycles. The maximum atomic E-state index is 12.3. The Balaban J connectivity index is 2.00. The van der Waals surface area contributed by atoms with Crippen LogP contribution in [0.3, 0.4) is 0 Å². The molecule has 1 unspecified atom stereocenters. The molecule has 2 rings (SSSR count). The van der Waals surface area contributed by atoms with Gasteiger partial charge >= 0.3 is 6.09 Å². The monoisotopic (exact) mass is 297 g/mol. The number of ether oxygens (including phenoxy) is 2. The minimum absolute atomic E-state index is 0.141. The quantitative estimate of drug-likeness (QED) is 0.851. The molecule has 0 saturated carbocycles. The van der Waals surface area contributed by atoms with Crippen LogP contribution in [0.4, 0.5) is 4.79 Å². The zero-order valence-electron chi connectivity index (χ0n) is 12.4. The van der Waals surface area contributed by atoms with Crippen LogP contribution in [0, 0.1) is 0 Å². The lowest BCUT2D eigenvalue weighted by Gasteiger charge is -2.28. The van der Waals surface area contributed by atoms with Gasteiger partial charge in [-0.1, -0.05) is 6.07 Å². The SMILES string of the molecule is CC(C)(C)OC(=O)N(Cc1cccs1)CC1CCCO1. The van der Waals surface area contributed by atoms with Crippen LogP contribution >= 0.6 is 11.3 Å². The minimum atomic E-state index is -0.471. The summed E-state index contributed by atoms with van der Waals surface area (Å²) in [6.07, 6.45) is 1.97. The van der Waals surface area contributed by atoms with Gasteiger partial charge in [-0.15, -0.1) is 11.3 Å². The molecule has 112 valence electrons. The highest BCUT2D eigenvalue weighted by atomic mass is 32.1. The van der Waals surface area contributed by atoms with Gasteiger partial charge in [0.05, 0.1) is 19.2 Å². The Labute approximate surface area is 124 Å². The van der Waals surface area contributed by atoms with E-state index in [2.05, 4.69) is 0 Å². The van der Waals surface area contributed by atoms with Gasteiger partial charge in [0.1, 0.15) is 5.60 Å². The highest BCUT2D eigenvalue weighted by Crippen LogP contribution is 2.19. The third kappa shape index (κ3) is 4.80. The number of nitrogens with zero attached hydrogens (tertiary/aromatic N) is 1. The van der Waals surface area contributed by atoms with Crippen molar-refractivity contribution in [2.45, 2.75) is 51.9 Å². The fourth-order valence-corrected chi connectivity index (χ4v) is 2.87. The number of thiophene rings is 1. The summed E-state index contributed by atoms with van der Waals surface area (Å²) in [5.74, 6) is 0. The van der Waals surface area contributed by atoms with E-state index in [9.17, 15) is 4.79 Å². The number of hydrogen-bond donors (Lipinski definition) is 0. The summed E-state index contributed by atoms with van der Waals surface area (Å²) in [6, 6.07) is 4.04. The summed E-state index contributed by atoms with van der Waals surface area (Å²) in [6.45, 7) is 7.66. The van der Waals surface area contributed by atoms with Crippen LogP contribution in [0.25, 0.3) is 0 Å². The van der Waals surface area contributed by atoms with Crippen molar-refractivity contribution in [3.05, 3.63) is 22.4 Å². The molecule has 1 atom stereocenters. The number of hydrogen-bond acceptors (Lipinski definition) is 4. The van der Waals surface area contributed by atoms with Crippen molar-refractivity contribution < 1.29 is 14.3 Å². The first-order valence-corrected chi connectivity index (χ1v) is 7.94. The highest BCUT2D eigenvalue weighted by Gasteiger charge is 2.26. The minimum Gasteiger partial charge on any atom is -0.444 e. The molecule has 20 heavy (non-hydrogen) atoms. The lowest BCUT2D eigenvalue weighted by molar-refractivity contribution is 0.00883. The summed E-state index contributed by atoms with van der Waals surface area (Å²) in [5.41, 5.74) is -0.471. The van der Waals surface area contributed by atoms with E-state index in [1.54, 1.807) is 16.2 Å². The molecule has 1 aromatic rings. The molecule has 0 N–H and O–H groups in total. The number of rotatable bonds is 4. The fourth-order valence-electron chi connectivity index (χ4n) is 2.15. The summed E-state index contributed by atoms with van der Waals surface area (Å²) in [4.78, 5) is 15.2. The van der Waals surface area contributed by atoms with Gasteiger partial charge < -0.3 is 14.4 Å². The van der Waals surface area contributed by atoms with Crippen molar-refractivity contribution in [1.82, 2.24) is 4.90 Å². The zero-order chi connectivity index (χ0) is 14.6. The molecule has 1 amide bonds. The first-order chi connectivity index (χ1) is 9.44. The molecule has 1 aromatic heterocycles. The van der Waals surface area contributed by atoms with E-state index in [1.165, 1.54) is 0 Å². The third-order valence-electron chi connectivity index (χ3n) is 3.03. The van der Waals surface area contributed by atoms with Crippen molar-refractivity contribution in [3.8, 4) is 0 Å². The van der Waals surface area contributed by atoms with Gasteiger partial charge in [-0.05, 0) is 45.1 Å². The lowest BCUT2D eigenvalue weighted by Crippen LogP contribution is -2.40. The molecule has 0 aliphatic carbocycles. The van der Waals surface area contributed by atoms with Crippen molar-refractivity contribution in [2.75, 3.05) is 13.2 Å². The van der Waals surface area contributed by atoms with Crippen LogP contribution in [0.5, 0.6) is 0 Å². The molecular weight excluding hydrogens is 274 g/mol. The molecule has 0 radical (unpaired) electrons. The van der Waals surface area contributed by atoms with Crippen LogP contribution in [0.15, 0.2) is 17.5 Å². The van der Waals surface area contributed by atoms with Crippen LogP contribution in [-0.2, 0) is 16.0 Å². The molecular formula is C15H23NO3S. The van der Waals surface area contributed by atoms with E-state index in [-0.39, 0.29) is 12.2 Å². The topological polar surface area (TPSA) is 38.8 Å². The lowest BCUT2D eigenvalue weighted by atomic mass is 10.2. The molecule has 1 saturated heterocycles. The molecule has 0 bridgehead atoms. The summed E-state index contributed by atoms with van der Waals surface area (Å²) < 4.78 is 11.1. The first-order valence-electron chi connectivity index (χ1n) is 7.06. The van der Waals surface area contributed by atoms with E-state index in [4.69, 9.17) is 9.47 Å². The van der Waals surface area contributed by atoms with Gasteiger partial charge in [-0.25, -0.2) is 4.79 Å². The van der Waals surface area contributed by atoms with Crippen molar-refractivity contribution in [3.63, 3.8) is 0 Å². The Morgan fingerprint density at radius 1 is 1.55 bits per heavy atom. The molecule has 1 fully saturated rings. The van der Waals surface area contributed by atoms with Gasteiger partial charge in [0.2, 0.25) is 0 Å². The summed E-state index contributed by atoms with van der Waals surface area (Å²) >= 11 is 1.65. The second kappa shape index (κ2) is 6.59. The van der Waals surface area contributed by atoms with Crippen molar-refractivity contribution >= 4 is 17.4 Å². The summed E-state index contributed by atoms with van der Waals surface area (Å²) in [7, 11) is 0. The molecule has 0 aromatic carbocycles. The largest absolute Gasteiger partial charge is 0.444 e. The number of carbonyl (C=O) groups is 1. The van der Waals surface area contributed by atoms with Gasteiger partial charge in [-0.3, -0.25) is 0 Å². The van der Waals surface area contributed by atoms with E-state index in [0.29, 0.717) is 13.1 Å². The van der Waals surface area contributed by atoms with E-state index in [0.717, 1.165) is 24.3 Å². The first kappa shape index (κ1) is 15.3. The van der Waals surface area contributed by atoms with Crippen LogP contribution in [-0.4, -0.2) is 35.8 Å². The van der Waals surface area contributed by atoms with Crippen molar-refractivity contribution in [2.24, 2.45) is 0 Å². The second-order valence-electron chi connectivity index (χ2n) is 6.08. The van der Waals surface area contributed by atoms with Gasteiger partial charge in [0.25, 0.3) is 0 Å². The van der Waals surface area contributed by atoms with Gasteiger partial charge in [0.15, 0.2) is 0 Å². The fraction of sp³-hybridized carbons (Fsp3) is 0.667. The van der Waals surface area contributed by atoms with E-state index in [1.807, 2.05) is 38.3 Å². The smallest absolute Gasteiger partial charge is 0.410 e. The van der Waals surface area contributed by atoms with E-state index < -0.39 is 5.60 Å². The predicted octanol–water partition coefficient (Wildman–Crippen LogP) is 3.66. The Hall–Kier alpha value is -1.07. The molecule has 2 heterocycles. The zero-order valence-corrected chi connectivity index (χ0v) is 13.2.